The molecule has 20 heavy (non-hydrogen) atoms. The molecule has 2 N–H and O–H groups in total. The number of ether oxygens (including phenoxy) is 1. The molecule has 2 rings (SSSR count). The molecule has 1 fully saturated rings. The largest absolute Gasteiger partial charge is 0.487 e. The minimum atomic E-state index is -0.320. The second-order valence-corrected chi connectivity index (χ2v) is 5.75. The monoisotopic (exact) mass is 277 g/mol. The van der Waals surface area contributed by atoms with E-state index in [9.17, 15) is 5.11 Å². The lowest BCUT2D eigenvalue weighted by atomic mass is 9.94. The Labute approximate surface area is 122 Å². The maximum Gasteiger partial charge on any atom is 0.127 e. The van der Waals surface area contributed by atoms with Crippen LogP contribution in [0.15, 0.2) is 18.2 Å². The van der Waals surface area contributed by atoms with E-state index in [1.807, 2.05) is 0 Å². The average molecular weight is 277 g/mol. The summed E-state index contributed by atoms with van der Waals surface area (Å²) in [5.41, 5.74) is 2.34. The molecule has 2 unspecified atom stereocenters. The van der Waals surface area contributed by atoms with Crippen molar-refractivity contribution in [3.63, 3.8) is 0 Å². The highest BCUT2D eigenvalue weighted by molar-refractivity contribution is 5.41. The molecule has 0 aromatic heterocycles. The van der Waals surface area contributed by atoms with Gasteiger partial charge in [0.05, 0.1) is 6.10 Å². The zero-order chi connectivity index (χ0) is 14.4. The first kappa shape index (κ1) is 15.3. The number of aryl methyl sites for hydroxylation is 1. The van der Waals surface area contributed by atoms with Gasteiger partial charge < -0.3 is 15.2 Å². The summed E-state index contributed by atoms with van der Waals surface area (Å²) in [5, 5.41) is 13.5. The molecule has 1 saturated carbocycles. The molecule has 0 saturated heterocycles. The molecule has 1 aliphatic carbocycles. The first-order valence-electron chi connectivity index (χ1n) is 7.86. The second kappa shape index (κ2) is 7.65. The number of rotatable bonds is 6. The second-order valence-electron chi connectivity index (χ2n) is 5.75. The summed E-state index contributed by atoms with van der Waals surface area (Å²) in [6, 6.07) is 6.26. The Morgan fingerprint density at radius 1 is 1.30 bits per heavy atom. The SMILES string of the molecule is CCCNCc1cccc(C)c1OC1CCCCC1O. The van der Waals surface area contributed by atoms with Crippen molar-refractivity contribution in [1.29, 1.82) is 0 Å². The molecule has 1 aromatic carbocycles. The third kappa shape index (κ3) is 3.97. The quantitative estimate of drug-likeness (QED) is 0.785. The molecule has 0 aliphatic heterocycles. The third-order valence-corrected chi connectivity index (χ3v) is 3.97. The van der Waals surface area contributed by atoms with Crippen molar-refractivity contribution < 1.29 is 9.84 Å². The smallest absolute Gasteiger partial charge is 0.127 e. The maximum atomic E-state index is 10.1. The van der Waals surface area contributed by atoms with E-state index in [0.29, 0.717) is 0 Å². The first-order chi connectivity index (χ1) is 9.72. The molecule has 3 nitrogen and oxygen atoms in total. The predicted molar refractivity (Wildman–Crippen MR) is 82.1 cm³/mol. The Morgan fingerprint density at radius 2 is 2.10 bits per heavy atom. The van der Waals surface area contributed by atoms with E-state index in [2.05, 4.69) is 37.4 Å². The lowest BCUT2D eigenvalue weighted by Gasteiger charge is -2.29. The summed E-state index contributed by atoms with van der Waals surface area (Å²) < 4.78 is 6.17. The fourth-order valence-electron chi connectivity index (χ4n) is 2.79. The number of hydrogen-bond donors (Lipinski definition) is 2. The van der Waals surface area contributed by atoms with E-state index in [-0.39, 0.29) is 12.2 Å². The molecule has 0 heterocycles. The van der Waals surface area contributed by atoms with E-state index >= 15 is 0 Å². The van der Waals surface area contributed by atoms with Gasteiger partial charge in [-0.1, -0.05) is 31.5 Å². The van der Waals surface area contributed by atoms with Gasteiger partial charge in [-0.15, -0.1) is 0 Å². The van der Waals surface area contributed by atoms with Crippen molar-refractivity contribution in [2.24, 2.45) is 0 Å². The zero-order valence-corrected chi connectivity index (χ0v) is 12.7. The fraction of sp³-hybridized carbons (Fsp3) is 0.647. The van der Waals surface area contributed by atoms with Crippen LogP contribution in [0.4, 0.5) is 0 Å². The van der Waals surface area contributed by atoms with Crippen LogP contribution in [0.5, 0.6) is 5.75 Å². The molecule has 0 amide bonds. The molecule has 1 aromatic rings. The highest BCUT2D eigenvalue weighted by atomic mass is 16.5. The van der Waals surface area contributed by atoms with Gasteiger partial charge in [0.25, 0.3) is 0 Å². The lowest BCUT2D eigenvalue weighted by Crippen LogP contribution is -2.35. The summed E-state index contributed by atoms with van der Waals surface area (Å²) >= 11 is 0. The molecule has 1 aliphatic rings. The highest BCUT2D eigenvalue weighted by Crippen LogP contribution is 2.29. The Morgan fingerprint density at radius 3 is 2.85 bits per heavy atom. The summed E-state index contributed by atoms with van der Waals surface area (Å²) in [5.74, 6) is 0.960. The summed E-state index contributed by atoms with van der Waals surface area (Å²) in [6.07, 6.45) is 4.84. The van der Waals surface area contributed by atoms with E-state index < -0.39 is 0 Å². The van der Waals surface area contributed by atoms with Gasteiger partial charge in [0.1, 0.15) is 11.9 Å². The van der Waals surface area contributed by atoms with E-state index in [4.69, 9.17) is 4.74 Å². The van der Waals surface area contributed by atoms with Gasteiger partial charge in [0, 0.05) is 12.1 Å². The Hall–Kier alpha value is -1.06. The number of aliphatic hydroxyl groups excluding tert-OH is 1. The van der Waals surface area contributed by atoms with E-state index in [1.165, 1.54) is 5.56 Å². The molecule has 0 bridgehead atoms. The van der Waals surface area contributed by atoms with Crippen molar-refractivity contribution in [3.8, 4) is 5.75 Å². The number of hydrogen-bond acceptors (Lipinski definition) is 3. The summed E-state index contributed by atoms with van der Waals surface area (Å²) in [7, 11) is 0. The standard InChI is InChI=1S/C17H27NO2/c1-3-11-18-12-14-8-6-7-13(2)17(14)20-16-10-5-4-9-15(16)19/h6-8,15-16,18-19H,3-5,9-12H2,1-2H3. The van der Waals surface area contributed by atoms with Crippen LogP contribution < -0.4 is 10.1 Å². The van der Waals surface area contributed by atoms with Crippen LogP contribution in [-0.2, 0) is 6.54 Å². The van der Waals surface area contributed by atoms with E-state index in [0.717, 1.165) is 56.5 Å². The van der Waals surface area contributed by atoms with Crippen molar-refractivity contribution >= 4 is 0 Å². The van der Waals surface area contributed by atoms with Crippen LogP contribution in [0.3, 0.4) is 0 Å². The topological polar surface area (TPSA) is 41.5 Å². The van der Waals surface area contributed by atoms with Crippen LogP contribution in [0.25, 0.3) is 0 Å². The predicted octanol–water partition coefficient (Wildman–Crippen LogP) is 3.18. The van der Waals surface area contributed by atoms with Crippen LogP contribution in [0, 0.1) is 6.92 Å². The third-order valence-electron chi connectivity index (χ3n) is 3.97. The molecule has 112 valence electrons. The maximum absolute atomic E-state index is 10.1. The summed E-state index contributed by atoms with van der Waals surface area (Å²) in [4.78, 5) is 0. The molecule has 0 radical (unpaired) electrons. The van der Waals surface area contributed by atoms with Crippen LogP contribution >= 0.6 is 0 Å². The molecular formula is C17H27NO2. The number of benzene rings is 1. The molecular weight excluding hydrogens is 250 g/mol. The van der Waals surface area contributed by atoms with Crippen LogP contribution in [-0.4, -0.2) is 23.9 Å². The number of para-hydroxylation sites is 1. The first-order valence-corrected chi connectivity index (χ1v) is 7.86. The van der Waals surface area contributed by atoms with Gasteiger partial charge in [-0.05, 0) is 44.7 Å². The fourth-order valence-corrected chi connectivity index (χ4v) is 2.79. The number of aliphatic hydroxyl groups is 1. The Kier molecular flexibility index (Phi) is 5.86. The van der Waals surface area contributed by atoms with Crippen molar-refractivity contribution in [3.05, 3.63) is 29.3 Å². The van der Waals surface area contributed by atoms with Gasteiger partial charge in [-0.25, -0.2) is 0 Å². The minimum Gasteiger partial charge on any atom is -0.487 e. The zero-order valence-electron chi connectivity index (χ0n) is 12.7. The van der Waals surface area contributed by atoms with Crippen LogP contribution in [0.2, 0.25) is 0 Å². The van der Waals surface area contributed by atoms with Gasteiger partial charge in [0.2, 0.25) is 0 Å². The van der Waals surface area contributed by atoms with Crippen molar-refractivity contribution in [1.82, 2.24) is 5.32 Å². The van der Waals surface area contributed by atoms with Gasteiger partial charge in [0.15, 0.2) is 0 Å². The summed E-state index contributed by atoms with van der Waals surface area (Å²) in [6.45, 7) is 6.08. The van der Waals surface area contributed by atoms with Crippen LogP contribution in [0.1, 0.15) is 50.2 Å². The lowest BCUT2D eigenvalue weighted by molar-refractivity contribution is 0.00602. The van der Waals surface area contributed by atoms with E-state index in [1.54, 1.807) is 0 Å². The molecule has 3 heteroatoms. The number of nitrogens with one attached hydrogen (secondary N) is 1. The van der Waals surface area contributed by atoms with Gasteiger partial charge in [-0.2, -0.15) is 0 Å². The van der Waals surface area contributed by atoms with Crippen molar-refractivity contribution in [2.45, 2.75) is 64.7 Å². The minimum absolute atomic E-state index is 0.0465. The Balaban J connectivity index is 2.08. The van der Waals surface area contributed by atoms with Gasteiger partial charge in [-0.3, -0.25) is 0 Å². The van der Waals surface area contributed by atoms with Gasteiger partial charge >= 0.3 is 0 Å². The molecule has 2 atom stereocenters. The van der Waals surface area contributed by atoms with Crippen molar-refractivity contribution in [2.75, 3.05) is 6.54 Å². The highest BCUT2D eigenvalue weighted by Gasteiger charge is 2.25. The normalized spacial score (nSPS) is 22.8. The molecule has 0 spiro atoms. The Bertz CT molecular complexity index is 419. The average Bonchev–Trinajstić information content (AvgIpc) is 2.44.